The second kappa shape index (κ2) is 7.90. The summed E-state index contributed by atoms with van der Waals surface area (Å²) in [6.45, 7) is 1.29. The largest absolute Gasteiger partial charge is 0.379 e. The highest BCUT2D eigenvalue weighted by Crippen LogP contribution is 2.22. The van der Waals surface area contributed by atoms with E-state index in [2.05, 4.69) is 10.3 Å². The number of nitrogens with one attached hydrogen (secondary N) is 1. The highest BCUT2D eigenvalue weighted by Gasteiger charge is 2.18. The highest BCUT2D eigenvalue weighted by atomic mass is 16.6. The molecule has 0 amide bonds. The van der Waals surface area contributed by atoms with Crippen molar-refractivity contribution in [3.63, 3.8) is 0 Å². The van der Waals surface area contributed by atoms with Gasteiger partial charge >= 0.3 is 5.69 Å². The Balaban J connectivity index is 1.65. The second-order valence-electron chi connectivity index (χ2n) is 5.34. The summed E-state index contributed by atoms with van der Waals surface area (Å²) in [7, 11) is 0. The molecule has 3 N–H and O–H groups in total. The number of rotatable bonds is 7. The van der Waals surface area contributed by atoms with Crippen LogP contribution in [0.5, 0.6) is 0 Å². The fraction of sp³-hybridized carbons (Fsp3) is 0.643. The molecule has 1 aliphatic rings. The lowest BCUT2D eigenvalue weighted by Gasteiger charge is -2.26. The lowest BCUT2D eigenvalue weighted by Crippen LogP contribution is -2.30. The van der Waals surface area contributed by atoms with Crippen molar-refractivity contribution in [2.45, 2.75) is 44.2 Å². The zero-order valence-corrected chi connectivity index (χ0v) is 12.0. The molecule has 0 atom stereocenters. The average Bonchev–Trinajstić information content (AvgIpc) is 2.49. The van der Waals surface area contributed by atoms with Gasteiger partial charge in [0.2, 0.25) is 0 Å². The predicted octanol–water partition coefficient (Wildman–Crippen LogP) is 2.08. The monoisotopic (exact) mass is 294 g/mol. The van der Waals surface area contributed by atoms with Crippen molar-refractivity contribution in [1.29, 1.82) is 0 Å². The molecule has 7 heteroatoms. The molecule has 1 aromatic heterocycles. The van der Waals surface area contributed by atoms with Gasteiger partial charge in [-0.05, 0) is 38.2 Å². The summed E-state index contributed by atoms with van der Waals surface area (Å²) in [4.78, 5) is 14.2. The van der Waals surface area contributed by atoms with Gasteiger partial charge in [-0.15, -0.1) is 0 Å². The number of hydrogen-bond donors (Lipinski definition) is 2. The molecule has 0 radical (unpaired) electrons. The van der Waals surface area contributed by atoms with Crippen molar-refractivity contribution in [3.05, 3.63) is 28.6 Å². The summed E-state index contributed by atoms with van der Waals surface area (Å²) in [5.41, 5.74) is 6.35. The molecule has 2 rings (SSSR count). The maximum Gasteiger partial charge on any atom is 0.310 e. The maximum atomic E-state index is 10.8. The topological polar surface area (TPSA) is 103 Å². The highest BCUT2D eigenvalue weighted by molar-refractivity contribution is 5.59. The van der Waals surface area contributed by atoms with Crippen molar-refractivity contribution in [1.82, 2.24) is 4.98 Å². The third-order valence-corrected chi connectivity index (χ3v) is 3.71. The van der Waals surface area contributed by atoms with Gasteiger partial charge < -0.3 is 15.8 Å². The molecule has 0 aromatic carbocycles. The van der Waals surface area contributed by atoms with E-state index in [1.54, 1.807) is 6.07 Å². The summed E-state index contributed by atoms with van der Waals surface area (Å²) < 4.78 is 5.81. The molecule has 0 aliphatic heterocycles. The van der Waals surface area contributed by atoms with Gasteiger partial charge in [0.05, 0.1) is 11.0 Å². The van der Waals surface area contributed by atoms with Crippen LogP contribution in [0, 0.1) is 10.1 Å². The molecular weight excluding hydrogens is 272 g/mol. The Kier molecular flexibility index (Phi) is 5.89. The van der Waals surface area contributed by atoms with Crippen molar-refractivity contribution in [2.75, 3.05) is 18.5 Å². The minimum Gasteiger partial charge on any atom is -0.379 e. The van der Waals surface area contributed by atoms with Gasteiger partial charge in [0.25, 0.3) is 0 Å². The zero-order chi connectivity index (χ0) is 15.1. The number of aromatic nitrogens is 1. The molecule has 1 aromatic rings. The number of anilines is 1. The van der Waals surface area contributed by atoms with Crippen LogP contribution in [0.3, 0.4) is 0 Å². The molecule has 0 spiro atoms. The van der Waals surface area contributed by atoms with E-state index in [-0.39, 0.29) is 5.69 Å². The van der Waals surface area contributed by atoms with Gasteiger partial charge in [0.15, 0.2) is 0 Å². The Hall–Kier alpha value is -1.73. The van der Waals surface area contributed by atoms with Crippen LogP contribution in [0.25, 0.3) is 0 Å². The fourth-order valence-corrected chi connectivity index (χ4v) is 2.48. The first kappa shape index (κ1) is 15.7. The SMILES string of the molecule is NC1CCC(OCCCNc2ccncc2[N+](=O)[O-])CC1. The van der Waals surface area contributed by atoms with E-state index in [0.29, 0.717) is 31.0 Å². The van der Waals surface area contributed by atoms with E-state index in [9.17, 15) is 10.1 Å². The van der Waals surface area contributed by atoms with Crippen LogP contribution < -0.4 is 11.1 Å². The number of pyridine rings is 1. The second-order valence-corrected chi connectivity index (χ2v) is 5.34. The van der Waals surface area contributed by atoms with Crippen LogP contribution in [0.15, 0.2) is 18.5 Å². The molecular formula is C14H22N4O3. The van der Waals surface area contributed by atoms with Crippen LogP contribution in [-0.4, -0.2) is 35.2 Å². The molecule has 0 saturated heterocycles. The van der Waals surface area contributed by atoms with Crippen molar-refractivity contribution in [3.8, 4) is 0 Å². The van der Waals surface area contributed by atoms with Gasteiger partial charge in [-0.1, -0.05) is 0 Å². The lowest BCUT2D eigenvalue weighted by molar-refractivity contribution is -0.384. The van der Waals surface area contributed by atoms with Crippen molar-refractivity contribution >= 4 is 11.4 Å². The summed E-state index contributed by atoms with van der Waals surface area (Å²) in [5.74, 6) is 0. The molecule has 0 bridgehead atoms. The zero-order valence-electron chi connectivity index (χ0n) is 12.0. The van der Waals surface area contributed by atoms with Crippen molar-refractivity contribution in [2.24, 2.45) is 5.73 Å². The molecule has 0 unspecified atom stereocenters. The quantitative estimate of drug-likeness (QED) is 0.453. The fourth-order valence-electron chi connectivity index (χ4n) is 2.48. The Bertz CT molecular complexity index is 461. The molecule has 1 fully saturated rings. The normalized spacial score (nSPS) is 22.0. The van der Waals surface area contributed by atoms with Crippen LogP contribution in [0.1, 0.15) is 32.1 Å². The minimum absolute atomic E-state index is 0.000290. The Labute approximate surface area is 124 Å². The molecule has 1 saturated carbocycles. The first-order valence-electron chi connectivity index (χ1n) is 7.36. The summed E-state index contributed by atoms with van der Waals surface area (Å²) >= 11 is 0. The number of nitro groups is 1. The Morgan fingerprint density at radius 2 is 2.19 bits per heavy atom. The van der Waals surface area contributed by atoms with Gasteiger partial charge in [0.1, 0.15) is 11.9 Å². The molecule has 1 heterocycles. The number of ether oxygens (including phenoxy) is 1. The molecule has 21 heavy (non-hydrogen) atoms. The van der Waals surface area contributed by atoms with E-state index in [4.69, 9.17) is 10.5 Å². The summed E-state index contributed by atoms with van der Waals surface area (Å²) in [6, 6.07) is 1.94. The van der Waals surface area contributed by atoms with E-state index < -0.39 is 4.92 Å². The number of hydrogen-bond acceptors (Lipinski definition) is 6. The lowest BCUT2D eigenvalue weighted by atomic mass is 9.94. The van der Waals surface area contributed by atoms with Gasteiger partial charge in [-0.2, -0.15) is 0 Å². The van der Waals surface area contributed by atoms with Crippen LogP contribution in [0.4, 0.5) is 11.4 Å². The third-order valence-electron chi connectivity index (χ3n) is 3.71. The van der Waals surface area contributed by atoms with E-state index in [0.717, 1.165) is 32.1 Å². The number of nitrogens with two attached hydrogens (primary N) is 1. The van der Waals surface area contributed by atoms with Gasteiger partial charge in [0, 0.05) is 25.4 Å². The number of nitrogens with zero attached hydrogens (tertiary/aromatic N) is 2. The van der Waals surface area contributed by atoms with E-state index >= 15 is 0 Å². The van der Waals surface area contributed by atoms with Crippen LogP contribution in [0.2, 0.25) is 0 Å². The first-order valence-corrected chi connectivity index (χ1v) is 7.36. The van der Waals surface area contributed by atoms with Crippen LogP contribution >= 0.6 is 0 Å². The first-order chi connectivity index (χ1) is 10.2. The third kappa shape index (κ3) is 4.95. The van der Waals surface area contributed by atoms with Crippen LogP contribution in [-0.2, 0) is 4.74 Å². The van der Waals surface area contributed by atoms with Gasteiger partial charge in [-0.25, -0.2) is 0 Å². The summed E-state index contributed by atoms with van der Waals surface area (Å²) in [5, 5.41) is 13.9. The predicted molar refractivity (Wildman–Crippen MR) is 80.2 cm³/mol. The van der Waals surface area contributed by atoms with E-state index in [1.165, 1.54) is 12.4 Å². The summed E-state index contributed by atoms with van der Waals surface area (Å²) in [6.07, 6.45) is 8.05. The Morgan fingerprint density at radius 3 is 2.90 bits per heavy atom. The van der Waals surface area contributed by atoms with E-state index in [1.807, 2.05) is 0 Å². The van der Waals surface area contributed by atoms with Gasteiger partial charge in [-0.3, -0.25) is 15.1 Å². The molecule has 116 valence electrons. The minimum atomic E-state index is -0.433. The smallest absolute Gasteiger partial charge is 0.310 e. The molecule has 7 nitrogen and oxygen atoms in total. The average molecular weight is 294 g/mol. The van der Waals surface area contributed by atoms with Crippen molar-refractivity contribution < 1.29 is 9.66 Å². The molecule has 1 aliphatic carbocycles. The maximum absolute atomic E-state index is 10.8. The Morgan fingerprint density at radius 1 is 1.43 bits per heavy atom. The standard InChI is InChI=1S/C14H22N4O3/c15-11-2-4-12(5-3-11)21-9-1-7-17-13-6-8-16-10-14(13)18(19)20/h6,8,10-12H,1-5,7,9,15H2,(H,16,17).